The van der Waals surface area contributed by atoms with Crippen molar-refractivity contribution in [3.8, 4) is 0 Å². The molecule has 0 bridgehead atoms. The second kappa shape index (κ2) is 6.93. The molecule has 7 heteroatoms. The van der Waals surface area contributed by atoms with Crippen molar-refractivity contribution in [2.75, 3.05) is 0 Å². The Hall–Kier alpha value is -2.25. The van der Waals surface area contributed by atoms with E-state index < -0.39 is 10.0 Å². The van der Waals surface area contributed by atoms with Gasteiger partial charge in [-0.25, -0.2) is 17.5 Å². The van der Waals surface area contributed by atoms with E-state index in [0.717, 1.165) is 18.4 Å². The van der Waals surface area contributed by atoms with Gasteiger partial charge in [-0.2, -0.15) is 0 Å². The standard InChI is InChI=1S/C18H19FN2O3S/c1-12(13-2-6-15(19)7-3-13)20-18(22)14-4-10-17(11-5-14)25(23,24)21-16-8-9-16/h2-7,10-12,16,21H,8-9H2,1H3,(H,20,22). The van der Waals surface area contributed by atoms with Gasteiger partial charge in [-0.3, -0.25) is 4.79 Å². The fraction of sp³-hybridized carbons (Fsp3) is 0.278. The Balaban J connectivity index is 1.67. The van der Waals surface area contributed by atoms with Gasteiger partial charge in [-0.15, -0.1) is 0 Å². The molecule has 2 aromatic carbocycles. The van der Waals surface area contributed by atoms with Crippen molar-refractivity contribution in [3.63, 3.8) is 0 Å². The SMILES string of the molecule is CC(NC(=O)c1ccc(S(=O)(=O)NC2CC2)cc1)c1ccc(F)cc1. The average molecular weight is 362 g/mol. The highest BCUT2D eigenvalue weighted by Gasteiger charge is 2.28. The molecule has 0 spiro atoms. The van der Waals surface area contributed by atoms with Gasteiger partial charge < -0.3 is 5.32 Å². The fourth-order valence-electron chi connectivity index (χ4n) is 2.39. The Morgan fingerprint density at radius 3 is 2.24 bits per heavy atom. The number of amides is 1. The first-order chi connectivity index (χ1) is 11.8. The van der Waals surface area contributed by atoms with Crippen molar-refractivity contribution in [1.82, 2.24) is 10.0 Å². The molecule has 0 radical (unpaired) electrons. The summed E-state index contributed by atoms with van der Waals surface area (Å²) in [5.41, 5.74) is 1.14. The third kappa shape index (κ3) is 4.43. The normalized spacial score (nSPS) is 15.6. The summed E-state index contributed by atoms with van der Waals surface area (Å²) in [4.78, 5) is 12.4. The van der Waals surface area contributed by atoms with Gasteiger partial charge in [0.2, 0.25) is 10.0 Å². The summed E-state index contributed by atoms with van der Waals surface area (Å²) in [5, 5.41) is 2.81. The maximum atomic E-state index is 13.0. The van der Waals surface area contributed by atoms with Gasteiger partial charge in [0.15, 0.2) is 0 Å². The number of hydrogen-bond acceptors (Lipinski definition) is 3. The monoisotopic (exact) mass is 362 g/mol. The second-order valence-corrected chi connectivity index (χ2v) is 7.88. The van der Waals surface area contributed by atoms with Gasteiger partial charge in [0, 0.05) is 11.6 Å². The molecule has 0 saturated heterocycles. The zero-order chi connectivity index (χ0) is 18.0. The Bertz CT molecular complexity index is 860. The van der Waals surface area contributed by atoms with Crippen LogP contribution in [0.1, 0.15) is 41.7 Å². The third-order valence-corrected chi connectivity index (χ3v) is 5.58. The quantitative estimate of drug-likeness (QED) is 0.830. The predicted molar refractivity (Wildman–Crippen MR) is 92.1 cm³/mol. The zero-order valence-corrected chi connectivity index (χ0v) is 14.5. The van der Waals surface area contributed by atoms with Crippen LogP contribution in [0.4, 0.5) is 4.39 Å². The van der Waals surface area contributed by atoms with Crippen molar-refractivity contribution in [2.45, 2.75) is 36.7 Å². The predicted octanol–water partition coefficient (Wildman–Crippen LogP) is 2.76. The summed E-state index contributed by atoms with van der Waals surface area (Å²) >= 11 is 0. The Labute approximate surface area is 146 Å². The van der Waals surface area contributed by atoms with Gasteiger partial charge in [-0.1, -0.05) is 12.1 Å². The van der Waals surface area contributed by atoms with E-state index in [9.17, 15) is 17.6 Å². The van der Waals surface area contributed by atoms with Crippen LogP contribution in [0.2, 0.25) is 0 Å². The number of sulfonamides is 1. The molecule has 1 atom stereocenters. The lowest BCUT2D eigenvalue weighted by molar-refractivity contribution is 0.0940. The highest BCUT2D eigenvalue weighted by Crippen LogP contribution is 2.22. The summed E-state index contributed by atoms with van der Waals surface area (Å²) in [7, 11) is -3.53. The molecular weight excluding hydrogens is 343 g/mol. The van der Waals surface area contributed by atoms with E-state index in [1.165, 1.54) is 36.4 Å². The minimum absolute atomic E-state index is 0.0320. The molecule has 1 aliphatic carbocycles. The Morgan fingerprint density at radius 1 is 1.08 bits per heavy atom. The average Bonchev–Trinajstić information content (AvgIpc) is 3.38. The van der Waals surface area contributed by atoms with E-state index in [1.807, 2.05) is 0 Å². The van der Waals surface area contributed by atoms with Gasteiger partial charge in [0.1, 0.15) is 5.82 Å². The maximum absolute atomic E-state index is 13.0. The number of carbonyl (C=O) groups is 1. The van der Waals surface area contributed by atoms with Gasteiger partial charge >= 0.3 is 0 Å². The summed E-state index contributed by atoms with van der Waals surface area (Å²) in [5.74, 6) is -0.658. The fourth-order valence-corrected chi connectivity index (χ4v) is 3.69. The Kier molecular flexibility index (Phi) is 4.87. The molecule has 1 amide bonds. The van der Waals surface area contributed by atoms with Crippen LogP contribution >= 0.6 is 0 Å². The molecule has 0 aromatic heterocycles. The van der Waals surface area contributed by atoms with Gasteiger partial charge in [-0.05, 0) is 61.7 Å². The van der Waals surface area contributed by atoms with Crippen LogP contribution in [0.25, 0.3) is 0 Å². The number of carbonyl (C=O) groups excluding carboxylic acids is 1. The number of halogens is 1. The summed E-state index contributed by atoms with van der Waals surface area (Å²) < 4.78 is 39.8. The van der Waals surface area contributed by atoms with Crippen LogP contribution in [0, 0.1) is 5.82 Å². The van der Waals surface area contributed by atoms with Crippen LogP contribution in [0.5, 0.6) is 0 Å². The van der Waals surface area contributed by atoms with Crippen molar-refractivity contribution in [1.29, 1.82) is 0 Å². The second-order valence-electron chi connectivity index (χ2n) is 6.17. The number of benzene rings is 2. The number of hydrogen-bond donors (Lipinski definition) is 2. The summed E-state index contributed by atoms with van der Waals surface area (Å²) in [6.07, 6.45) is 1.72. The molecule has 132 valence electrons. The molecule has 25 heavy (non-hydrogen) atoms. The molecule has 1 fully saturated rings. The molecule has 1 unspecified atom stereocenters. The van der Waals surface area contributed by atoms with Crippen molar-refractivity contribution >= 4 is 15.9 Å². The topological polar surface area (TPSA) is 75.3 Å². The van der Waals surface area contributed by atoms with Gasteiger partial charge in [0.25, 0.3) is 5.91 Å². The molecule has 2 N–H and O–H groups in total. The van der Waals surface area contributed by atoms with E-state index in [-0.39, 0.29) is 28.7 Å². The third-order valence-electron chi connectivity index (χ3n) is 4.04. The van der Waals surface area contributed by atoms with E-state index >= 15 is 0 Å². The first-order valence-corrected chi connectivity index (χ1v) is 9.52. The zero-order valence-electron chi connectivity index (χ0n) is 13.7. The van der Waals surface area contributed by atoms with E-state index in [0.29, 0.717) is 5.56 Å². The first kappa shape index (κ1) is 17.6. The van der Waals surface area contributed by atoms with Crippen molar-refractivity contribution in [3.05, 3.63) is 65.5 Å². The lowest BCUT2D eigenvalue weighted by Crippen LogP contribution is -2.27. The van der Waals surface area contributed by atoms with E-state index in [2.05, 4.69) is 10.0 Å². The molecule has 3 rings (SSSR count). The molecule has 0 aliphatic heterocycles. The highest BCUT2D eigenvalue weighted by atomic mass is 32.2. The highest BCUT2D eigenvalue weighted by molar-refractivity contribution is 7.89. The molecule has 2 aromatic rings. The Morgan fingerprint density at radius 2 is 1.68 bits per heavy atom. The molecular formula is C18H19FN2O3S. The molecule has 1 saturated carbocycles. The molecule has 1 aliphatic rings. The van der Waals surface area contributed by atoms with Crippen LogP contribution < -0.4 is 10.0 Å². The smallest absolute Gasteiger partial charge is 0.251 e. The van der Waals surface area contributed by atoms with Crippen LogP contribution in [0.3, 0.4) is 0 Å². The van der Waals surface area contributed by atoms with Crippen molar-refractivity contribution < 1.29 is 17.6 Å². The van der Waals surface area contributed by atoms with Crippen LogP contribution in [-0.4, -0.2) is 20.4 Å². The number of nitrogens with one attached hydrogen (secondary N) is 2. The van der Waals surface area contributed by atoms with E-state index in [4.69, 9.17) is 0 Å². The lowest BCUT2D eigenvalue weighted by Gasteiger charge is -2.14. The summed E-state index contributed by atoms with van der Waals surface area (Å²) in [6.45, 7) is 1.80. The largest absolute Gasteiger partial charge is 0.346 e. The number of rotatable bonds is 6. The first-order valence-electron chi connectivity index (χ1n) is 8.04. The van der Waals surface area contributed by atoms with Crippen molar-refractivity contribution in [2.24, 2.45) is 0 Å². The molecule has 5 nitrogen and oxygen atoms in total. The molecule has 0 heterocycles. The summed E-state index contributed by atoms with van der Waals surface area (Å²) in [6, 6.07) is 11.4. The minimum Gasteiger partial charge on any atom is -0.346 e. The maximum Gasteiger partial charge on any atom is 0.251 e. The minimum atomic E-state index is -3.53. The lowest BCUT2D eigenvalue weighted by atomic mass is 10.1. The van der Waals surface area contributed by atoms with Gasteiger partial charge in [0.05, 0.1) is 10.9 Å². The van der Waals surface area contributed by atoms with E-state index in [1.54, 1.807) is 19.1 Å². The van der Waals surface area contributed by atoms with Crippen LogP contribution in [0.15, 0.2) is 53.4 Å². The van der Waals surface area contributed by atoms with Crippen LogP contribution in [-0.2, 0) is 10.0 Å².